The molecule has 1 aromatic rings. The molecule has 1 aromatic carbocycles. The molecular formula is C21H27N3O2. The molecule has 0 radical (unpaired) electrons. The lowest BCUT2D eigenvalue weighted by molar-refractivity contribution is -0.120. The highest BCUT2D eigenvalue weighted by molar-refractivity contribution is 6.06. The minimum absolute atomic E-state index is 0.127. The SMILES string of the molecule is CC1=CC(C)=NC(=O)C1CNC(=O)c1cccc(CN2CCCC2)c1C. The number of likely N-dealkylation sites (tertiary alicyclic amines) is 1. The fourth-order valence-electron chi connectivity index (χ4n) is 3.73. The van der Waals surface area contributed by atoms with Gasteiger partial charge in [-0.25, -0.2) is 4.99 Å². The molecule has 1 fully saturated rings. The zero-order valence-electron chi connectivity index (χ0n) is 15.8. The van der Waals surface area contributed by atoms with Gasteiger partial charge >= 0.3 is 0 Å². The van der Waals surface area contributed by atoms with Crippen LogP contribution in [0.2, 0.25) is 0 Å². The monoisotopic (exact) mass is 353 g/mol. The first-order chi connectivity index (χ1) is 12.5. The summed E-state index contributed by atoms with van der Waals surface area (Å²) in [6.07, 6.45) is 4.41. The smallest absolute Gasteiger partial charge is 0.254 e. The van der Waals surface area contributed by atoms with E-state index in [9.17, 15) is 9.59 Å². The van der Waals surface area contributed by atoms with Crippen molar-refractivity contribution in [2.75, 3.05) is 19.6 Å². The van der Waals surface area contributed by atoms with Gasteiger partial charge in [0.25, 0.3) is 11.8 Å². The van der Waals surface area contributed by atoms with Crippen molar-refractivity contribution < 1.29 is 9.59 Å². The van der Waals surface area contributed by atoms with Crippen LogP contribution in [0.5, 0.6) is 0 Å². The molecule has 1 N–H and O–H groups in total. The van der Waals surface area contributed by atoms with Gasteiger partial charge in [0.2, 0.25) is 0 Å². The minimum atomic E-state index is -0.365. The van der Waals surface area contributed by atoms with Gasteiger partial charge in [-0.15, -0.1) is 0 Å². The number of nitrogens with one attached hydrogen (secondary N) is 1. The predicted octanol–water partition coefficient (Wildman–Crippen LogP) is 2.88. The van der Waals surface area contributed by atoms with E-state index in [1.165, 1.54) is 18.4 Å². The molecular weight excluding hydrogens is 326 g/mol. The normalized spacial score (nSPS) is 20.7. The number of allylic oxidation sites excluding steroid dienone is 1. The number of hydrogen-bond acceptors (Lipinski definition) is 3. The fourth-order valence-corrected chi connectivity index (χ4v) is 3.73. The van der Waals surface area contributed by atoms with E-state index in [0.29, 0.717) is 5.56 Å². The highest BCUT2D eigenvalue weighted by Crippen LogP contribution is 2.20. The predicted molar refractivity (Wildman–Crippen MR) is 103 cm³/mol. The largest absolute Gasteiger partial charge is 0.351 e. The summed E-state index contributed by atoms with van der Waals surface area (Å²) in [6.45, 7) is 9.16. The van der Waals surface area contributed by atoms with Gasteiger partial charge in [-0.05, 0) is 70.0 Å². The highest BCUT2D eigenvalue weighted by Gasteiger charge is 2.24. The van der Waals surface area contributed by atoms with Crippen molar-refractivity contribution in [1.82, 2.24) is 10.2 Å². The number of hydrogen-bond donors (Lipinski definition) is 1. The highest BCUT2D eigenvalue weighted by atomic mass is 16.2. The molecule has 1 atom stereocenters. The van der Waals surface area contributed by atoms with Gasteiger partial charge in [0.1, 0.15) is 0 Å². The molecule has 0 spiro atoms. The standard InChI is InChI=1S/C21H27N3O2/c1-14-11-15(2)23-21(26)19(14)12-22-20(25)18-8-6-7-17(16(18)3)13-24-9-4-5-10-24/h6-8,11,19H,4-5,9-10,12-13H2,1-3H3,(H,22,25). The quantitative estimate of drug-likeness (QED) is 0.885. The third-order valence-electron chi connectivity index (χ3n) is 5.32. The molecule has 2 heterocycles. The molecule has 3 rings (SSSR count). The summed E-state index contributed by atoms with van der Waals surface area (Å²) in [5, 5.41) is 2.92. The van der Waals surface area contributed by atoms with Crippen molar-refractivity contribution >= 4 is 17.5 Å². The molecule has 26 heavy (non-hydrogen) atoms. The second kappa shape index (κ2) is 7.96. The van der Waals surface area contributed by atoms with E-state index < -0.39 is 0 Å². The molecule has 0 saturated carbocycles. The van der Waals surface area contributed by atoms with E-state index in [-0.39, 0.29) is 24.3 Å². The first-order valence-electron chi connectivity index (χ1n) is 9.32. The average Bonchev–Trinajstić information content (AvgIpc) is 3.08. The molecule has 2 aliphatic rings. The fraction of sp³-hybridized carbons (Fsp3) is 0.476. The first-order valence-corrected chi connectivity index (χ1v) is 9.32. The Labute approximate surface area is 155 Å². The van der Waals surface area contributed by atoms with Crippen LogP contribution in [0.3, 0.4) is 0 Å². The lowest BCUT2D eigenvalue weighted by Gasteiger charge is -2.20. The van der Waals surface area contributed by atoms with Crippen molar-refractivity contribution in [3.05, 3.63) is 46.5 Å². The maximum Gasteiger partial charge on any atom is 0.254 e. The lowest BCUT2D eigenvalue weighted by Crippen LogP contribution is -2.35. The maximum absolute atomic E-state index is 12.7. The molecule has 1 unspecified atom stereocenters. The Bertz CT molecular complexity index is 773. The number of dihydropyridines is 1. The topological polar surface area (TPSA) is 61.8 Å². The van der Waals surface area contributed by atoms with E-state index in [2.05, 4.69) is 21.3 Å². The van der Waals surface area contributed by atoms with E-state index in [0.717, 1.165) is 36.5 Å². The lowest BCUT2D eigenvalue weighted by atomic mass is 9.95. The third-order valence-corrected chi connectivity index (χ3v) is 5.32. The molecule has 0 bridgehead atoms. The van der Waals surface area contributed by atoms with Gasteiger partial charge in [0.05, 0.1) is 5.92 Å². The van der Waals surface area contributed by atoms with E-state index in [4.69, 9.17) is 0 Å². The molecule has 5 heteroatoms. The summed E-state index contributed by atoms with van der Waals surface area (Å²) in [6, 6.07) is 5.89. The Hall–Kier alpha value is -2.27. The number of nitrogens with zero attached hydrogens (tertiary/aromatic N) is 2. The zero-order chi connectivity index (χ0) is 18.7. The van der Waals surface area contributed by atoms with Crippen LogP contribution in [0.25, 0.3) is 0 Å². The average molecular weight is 353 g/mol. The maximum atomic E-state index is 12.7. The van der Waals surface area contributed by atoms with Gasteiger partial charge in [-0.3, -0.25) is 14.5 Å². The van der Waals surface area contributed by atoms with Crippen molar-refractivity contribution in [3.8, 4) is 0 Å². The third kappa shape index (κ3) is 4.10. The van der Waals surface area contributed by atoms with Crippen LogP contribution in [0, 0.1) is 12.8 Å². The van der Waals surface area contributed by atoms with Crippen LogP contribution in [0.4, 0.5) is 0 Å². The number of benzene rings is 1. The van der Waals surface area contributed by atoms with Crippen molar-refractivity contribution in [2.24, 2.45) is 10.9 Å². The summed E-state index contributed by atoms with van der Waals surface area (Å²) >= 11 is 0. The van der Waals surface area contributed by atoms with Crippen LogP contribution in [0.1, 0.15) is 48.2 Å². The van der Waals surface area contributed by atoms with Crippen LogP contribution < -0.4 is 5.32 Å². The molecule has 5 nitrogen and oxygen atoms in total. The van der Waals surface area contributed by atoms with Crippen molar-refractivity contribution in [2.45, 2.75) is 40.2 Å². The van der Waals surface area contributed by atoms with Gasteiger partial charge in [-0.1, -0.05) is 17.7 Å². The van der Waals surface area contributed by atoms with Gasteiger partial charge in [-0.2, -0.15) is 0 Å². The number of aliphatic imine (C=N–C) groups is 1. The summed E-state index contributed by atoms with van der Waals surface area (Å²) in [5.74, 6) is -0.671. The molecule has 0 aliphatic carbocycles. The summed E-state index contributed by atoms with van der Waals surface area (Å²) < 4.78 is 0. The summed E-state index contributed by atoms with van der Waals surface area (Å²) in [7, 11) is 0. The van der Waals surface area contributed by atoms with Crippen molar-refractivity contribution in [3.63, 3.8) is 0 Å². The minimum Gasteiger partial charge on any atom is -0.351 e. The second-order valence-electron chi connectivity index (χ2n) is 7.32. The number of amides is 2. The van der Waals surface area contributed by atoms with E-state index >= 15 is 0 Å². The van der Waals surface area contributed by atoms with Gasteiger partial charge < -0.3 is 5.32 Å². The number of carbonyl (C=O) groups excluding carboxylic acids is 2. The van der Waals surface area contributed by atoms with Gasteiger partial charge in [0.15, 0.2) is 0 Å². The second-order valence-corrected chi connectivity index (χ2v) is 7.32. The Balaban J connectivity index is 1.66. The van der Waals surface area contributed by atoms with E-state index in [1.54, 1.807) is 0 Å². The Kier molecular flexibility index (Phi) is 5.67. The zero-order valence-corrected chi connectivity index (χ0v) is 15.8. The summed E-state index contributed by atoms with van der Waals surface area (Å²) in [4.78, 5) is 31.2. The summed E-state index contributed by atoms with van der Waals surface area (Å²) in [5.41, 5.74) is 4.58. The van der Waals surface area contributed by atoms with Crippen LogP contribution in [0.15, 0.2) is 34.8 Å². The number of rotatable bonds is 5. The Morgan fingerprint density at radius 3 is 2.65 bits per heavy atom. The molecule has 2 aliphatic heterocycles. The first kappa shape index (κ1) is 18.5. The van der Waals surface area contributed by atoms with Gasteiger partial charge in [0, 0.05) is 24.4 Å². The Morgan fingerprint density at radius 2 is 1.96 bits per heavy atom. The van der Waals surface area contributed by atoms with E-state index in [1.807, 2.05) is 39.0 Å². The van der Waals surface area contributed by atoms with Crippen LogP contribution >= 0.6 is 0 Å². The molecule has 0 aromatic heterocycles. The number of carbonyl (C=O) groups is 2. The molecule has 1 saturated heterocycles. The van der Waals surface area contributed by atoms with Crippen molar-refractivity contribution in [1.29, 1.82) is 0 Å². The Morgan fingerprint density at radius 1 is 1.23 bits per heavy atom. The van der Waals surface area contributed by atoms with Crippen LogP contribution in [-0.4, -0.2) is 42.1 Å². The van der Waals surface area contributed by atoms with Crippen LogP contribution in [-0.2, 0) is 11.3 Å². The molecule has 138 valence electrons. The molecule has 2 amide bonds.